The minimum Gasteiger partial charge on any atom is -0.399 e. The molecule has 0 saturated carbocycles. The SMILES string of the molecule is Nc1ccc2c(ccn2CC(=O)Nc2ccccc2F)c1. The van der Waals surface area contributed by atoms with E-state index in [0.717, 1.165) is 10.9 Å². The summed E-state index contributed by atoms with van der Waals surface area (Å²) in [5.41, 5.74) is 7.49. The molecule has 2 aromatic carbocycles. The van der Waals surface area contributed by atoms with Gasteiger partial charge < -0.3 is 15.6 Å². The van der Waals surface area contributed by atoms with Crippen LogP contribution < -0.4 is 11.1 Å². The zero-order chi connectivity index (χ0) is 14.8. The summed E-state index contributed by atoms with van der Waals surface area (Å²) in [5.74, 6) is -0.731. The normalized spacial score (nSPS) is 10.7. The van der Waals surface area contributed by atoms with E-state index in [1.807, 2.05) is 24.4 Å². The summed E-state index contributed by atoms with van der Waals surface area (Å²) < 4.78 is 15.3. The molecule has 0 aliphatic heterocycles. The monoisotopic (exact) mass is 283 g/mol. The Morgan fingerprint density at radius 2 is 2.00 bits per heavy atom. The standard InChI is InChI=1S/C16H14FN3O/c17-13-3-1-2-4-14(13)19-16(21)10-20-8-7-11-9-12(18)5-6-15(11)20/h1-9H,10,18H2,(H,19,21). The summed E-state index contributed by atoms with van der Waals surface area (Å²) in [6.45, 7) is 0.113. The number of rotatable bonds is 3. The zero-order valence-electron chi connectivity index (χ0n) is 11.2. The number of nitrogens with zero attached hydrogens (tertiary/aromatic N) is 1. The minimum atomic E-state index is -0.448. The zero-order valence-corrected chi connectivity index (χ0v) is 11.2. The van der Waals surface area contributed by atoms with Gasteiger partial charge in [0.05, 0.1) is 5.69 Å². The van der Waals surface area contributed by atoms with Crippen LogP contribution in [0.5, 0.6) is 0 Å². The number of nitrogens with two attached hydrogens (primary N) is 1. The van der Waals surface area contributed by atoms with E-state index in [0.29, 0.717) is 5.69 Å². The van der Waals surface area contributed by atoms with Gasteiger partial charge in [-0.1, -0.05) is 12.1 Å². The van der Waals surface area contributed by atoms with Crippen molar-refractivity contribution in [1.29, 1.82) is 0 Å². The first kappa shape index (κ1) is 13.2. The lowest BCUT2D eigenvalue weighted by atomic mass is 10.2. The van der Waals surface area contributed by atoms with Gasteiger partial charge in [0, 0.05) is 22.8 Å². The molecule has 3 N–H and O–H groups in total. The van der Waals surface area contributed by atoms with Gasteiger partial charge >= 0.3 is 0 Å². The van der Waals surface area contributed by atoms with Crippen LogP contribution in [0.15, 0.2) is 54.7 Å². The van der Waals surface area contributed by atoms with Crippen molar-refractivity contribution in [3.8, 4) is 0 Å². The molecule has 1 aromatic heterocycles. The third-order valence-corrected chi connectivity index (χ3v) is 3.26. The van der Waals surface area contributed by atoms with E-state index in [1.54, 1.807) is 22.8 Å². The van der Waals surface area contributed by atoms with Gasteiger partial charge in [-0.05, 0) is 36.4 Å². The second-order valence-electron chi connectivity index (χ2n) is 4.79. The fourth-order valence-electron chi connectivity index (χ4n) is 2.26. The molecule has 3 aromatic rings. The molecule has 1 heterocycles. The topological polar surface area (TPSA) is 60.0 Å². The predicted octanol–water partition coefficient (Wildman–Crippen LogP) is 3.00. The number of hydrogen-bond donors (Lipinski definition) is 2. The summed E-state index contributed by atoms with van der Waals surface area (Å²) >= 11 is 0. The third-order valence-electron chi connectivity index (χ3n) is 3.26. The molecule has 106 valence electrons. The van der Waals surface area contributed by atoms with Gasteiger partial charge in [-0.3, -0.25) is 4.79 Å². The van der Waals surface area contributed by atoms with Crippen LogP contribution in [-0.4, -0.2) is 10.5 Å². The number of aromatic nitrogens is 1. The van der Waals surface area contributed by atoms with Crippen molar-refractivity contribution in [3.05, 3.63) is 60.5 Å². The van der Waals surface area contributed by atoms with E-state index in [4.69, 9.17) is 5.73 Å². The molecular formula is C16H14FN3O. The van der Waals surface area contributed by atoms with Gasteiger partial charge in [0.15, 0.2) is 0 Å². The maximum absolute atomic E-state index is 13.5. The minimum absolute atomic E-state index is 0.113. The van der Waals surface area contributed by atoms with Crippen LogP contribution in [0.1, 0.15) is 0 Å². The number of anilines is 2. The number of amides is 1. The van der Waals surface area contributed by atoms with Crippen LogP contribution in [0.25, 0.3) is 10.9 Å². The van der Waals surface area contributed by atoms with Crippen LogP contribution in [0.3, 0.4) is 0 Å². The summed E-state index contributed by atoms with van der Waals surface area (Å²) in [6, 6.07) is 13.5. The fraction of sp³-hybridized carbons (Fsp3) is 0.0625. The quantitative estimate of drug-likeness (QED) is 0.726. The van der Waals surface area contributed by atoms with E-state index >= 15 is 0 Å². The number of fused-ring (bicyclic) bond motifs is 1. The second-order valence-corrected chi connectivity index (χ2v) is 4.79. The Morgan fingerprint density at radius 1 is 1.19 bits per heavy atom. The Kier molecular flexibility index (Phi) is 3.31. The molecule has 0 aliphatic carbocycles. The number of carbonyl (C=O) groups excluding carboxylic acids is 1. The molecular weight excluding hydrogens is 269 g/mol. The molecule has 0 bridgehead atoms. The second kappa shape index (κ2) is 5.28. The average molecular weight is 283 g/mol. The van der Waals surface area contributed by atoms with E-state index in [2.05, 4.69) is 5.32 Å². The van der Waals surface area contributed by atoms with Gasteiger partial charge in [0.1, 0.15) is 12.4 Å². The van der Waals surface area contributed by atoms with E-state index < -0.39 is 5.82 Å². The number of nitrogen functional groups attached to an aromatic ring is 1. The van der Waals surface area contributed by atoms with Gasteiger partial charge in [0.2, 0.25) is 5.91 Å². The molecule has 0 atom stereocenters. The smallest absolute Gasteiger partial charge is 0.244 e. The summed E-state index contributed by atoms with van der Waals surface area (Å²) in [6.07, 6.45) is 1.81. The van der Waals surface area contributed by atoms with Crippen LogP contribution >= 0.6 is 0 Å². The van der Waals surface area contributed by atoms with E-state index in [-0.39, 0.29) is 18.1 Å². The first-order chi connectivity index (χ1) is 10.1. The van der Waals surface area contributed by atoms with Crippen LogP contribution in [0.2, 0.25) is 0 Å². The van der Waals surface area contributed by atoms with Crippen LogP contribution in [-0.2, 0) is 11.3 Å². The highest BCUT2D eigenvalue weighted by molar-refractivity contribution is 5.92. The van der Waals surface area contributed by atoms with Crippen molar-refractivity contribution < 1.29 is 9.18 Å². The van der Waals surface area contributed by atoms with Crippen molar-refractivity contribution in [3.63, 3.8) is 0 Å². The Bertz CT molecular complexity index is 810. The van der Waals surface area contributed by atoms with Crippen molar-refractivity contribution in [2.24, 2.45) is 0 Å². The fourth-order valence-corrected chi connectivity index (χ4v) is 2.26. The molecule has 0 unspecified atom stereocenters. The van der Waals surface area contributed by atoms with Crippen molar-refractivity contribution in [1.82, 2.24) is 4.57 Å². The number of para-hydroxylation sites is 1. The maximum atomic E-state index is 13.5. The van der Waals surface area contributed by atoms with Gasteiger partial charge in [-0.2, -0.15) is 0 Å². The van der Waals surface area contributed by atoms with Crippen LogP contribution in [0, 0.1) is 5.82 Å². The molecule has 21 heavy (non-hydrogen) atoms. The number of hydrogen-bond acceptors (Lipinski definition) is 2. The summed E-state index contributed by atoms with van der Waals surface area (Å²) in [7, 11) is 0. The molecule has 3 rings (SSSR count). The molecule has 0 radical (unpaired) electrons. The Morgan fingerprint density at radius 3 is 2.81 bits per heavy atom. The highest BCUT2D eigenvalue weighted by Gasteiger charge is 2.09. The van der Waals surface area contributed by atoms with E-state index in [9.17, 15) is 9.18 Å². The highest BCUT2D eigenvalue weighted by Crippen LogP contribution is 2.19. The predicted molar refractivity (Wildman–Crippen MR) is 81.4 cm³/mol. The van der Waals surface area contributed by atoms with E-state index in [1.165, 1.54) is 12.1 Å². The lowest BCUT2D eigenvalue weighted by Crippen LogP contribution is -2.18. The number of nitrogens with one attached hydrogen (secondary N) is 1. The average Bonchev–Trinajstić information content (AvgIpc) is 2.83. The molecule has 0 saturated heterocycles. The maximum Gasteiger partial charge on any atom is 0.244 e. The van der Waals surface area contributed by atoms with Crippen molar-refractivity contribution in [2.45, 2.75) is 6.54 Å². The molecule has 5 heteroatoms. The lowest BCUT2D eigenvalue weighted by Gasteiger charge is -2.08. The number of benzene rings is 2. The highest BCUT2D eigenvalue weighted by atomic mass is 19.1. The number of carbonyl (C=O) groups is 1. The van der Waals surface area contributed by atoms with Crippen LogP contribution in [0.4, 0.5) is 15.8 Å². The Balaban J connectivity index is 1.79. The summed E-state index contributed by atoms with van der Waals surface area (Å²) in [5, 5.41) is 3.53. The summed E-state index contributed by atoms with van der Waals surface area (Å²) in [4.78, 5) is 12.0. The lowest BCUT2D eigenvalue weighted by molar-refractivity contribution is -0.116. The first-order valence-corrected chi connectivity index (χ1v) is 6.52. The van der Waals surface area contributed by atoms with Gasteiger partial charge in [-0.25, -0.2) is 4.39 Å². The molecule has 0 fully saturated rings. The Labute approximate surface area is 121 Å². The Hall–Kier alpha value is -2.82. The van der Waals surface area contributed by atoms with Crippen molar-refractivity contribution >= 4 is 28.2 Å². The molecule has 0 spiro atoms. The molecule has 0 aliphatic rings. The largest absolute Gasteiger partial charge is 0.399 e. The molecule has 1 amide bonds. The van der Waals surface area contributed by atoms with Gasteiger partial charge in [-0.15, -0.1) is 0 Å². The van der Waals surface area contributed by atoms with Gasteiger partial charge in [0.25, 0.3) is 0 Å². The first-order valence-electron chi connectivity index (χ1n) is 6.52. The number of halogens is 1. The molecule has 4 nitrogen and oxygen atoms in total. The van der Waals surface area contributed by atoms with Crippen molar-refractivity contribution in [2.75, 3.05) is 11.1 Å². The third kappa shape index (κ3) is 2.72.